The second-order valence-electron chi connectivity index (χ2n) is 5.00. The van der Waals surface area contributed by atoms with Gasteiger partial charge in [0, 0.05) is 30.5 Å². The molecule has 3 nitrogen and oxygen atoms in total. The Bertz CT molecular complexity index is 528. The summed E-state index contributed by atoms with van der Waals surface area (Å²) in [6.07, 6.45) is 4.72. The van der Waals surface area contributed by atoms with Gasteiger partial charge in [0.15, 0.2) is 0 Å². The van der Waals surface area contributed by atoms with Crippen LogP contribution in [0.2, 0.25) is 0 Å². The average molecular weight is 270 g/mol. The highest BCUT2D eigenvalue weighted by Gasteiger charge is 2.15. The van der Waals surface area contributed by atoms with E-state index in [0.29, 0.717) is 6.04 Å². The van der Waals surface area contributed by atoms with E-state index in [1.165, 1.54) is 11.1 Å². The molecule has 0 aliphatic heterocycles. The Morgan fingerprint density at radius 1 is 1.15 bits per heavy atom. The minimum absolute atomic E-state index is 0.327. The molecule has 0 amide bonds. The molecular formula is C17H22N2O. The summed E-state index contributed by atoms with van der Waals surface area (Å²) >= 11 is 0. The maximum absolute atomic E-state index is 5.44. The molecule has 2 rings (SSSR count). The van der Waals surface area contributed by atoms with Crippen molar-refractivity contribution in [3.63, 3.8) is 0 Å². The van der Waals surface area contributed by atoms with Gasteiger partial charge in [-0.05, 0) is 44.2 Å². The Labute approximate surface area is 121 Å². The molecule has 2 aromatic rings. The maximum atomic E-state index is 5.44. The first-order valence-corrected chi connectivity index (χ1v) is 6.94. The van der Waals surface area contributed by atoms with Crippen molar-refractivity contribution in [2.75, 3.05) is 20.7 Å². The molecule has 106 valence electrons. The van der Waals surface area contributed by atoms with E-state index in [2.05, 4.69) is 48.1 Å². The lowest BCUT2D eigenvalue weighted by molar-refractivity contribution is 0.258. The van der Waals surface area contributed by atoms with Gasteiger partial charge in [0.1, 0.15) is 5.75 Å². The molecule has 20 heavy (non-hydrogen) atoms. The molecule has 0 saturated carbocycles. The van der Waals surface area contributed by atoms with Crippen LogP contribution in [-0.2, 0) is 6.42 Å². The van der Waals surface area contributed by atoms with Crippen LogP contribution in [0.15, 0.2) is 48.8 Å². The zero-order valence-corrected chi connectivity index (χ0v) is 12.4. The van der Waals surface area contributed by atoms with E-state index in [9.17, 15) is 0 Å². The third-order valence-corrected chi connectivity index (χ3v) is 3.75. The fourth-order valence-electron chi connectivity index (χ4n) is 2.30. The highest BCUT2D eigenvalue weighted by Crippen LogP contribution is 2.27. The molecule has 0 aliphatic carbocycles. The number of pyridine rings is 1. The van der Waals surface area contributed by atoms with Crippen LogP contribution in [0.1, 0.15) is 24.1 Å². The predicted molar refractivity (Wildman–Crippen MR) is 82.0 cm³/mol. The second kappa shape index (κ2) is 7.06. The van der Waals surface area contributed by atoms with Crippen LogP contribution in [0.5, 0.6) is 5.75 Å². The first-order valence-electron chi connectivity index (χ1n) is 6.94. The fraction of sp³-hybridized carbons (Fsp3) is 0.353. The second-order valence-corrected chi connectivity index (χ2v) is 5.00. The van der Waals surface area contributed by atoms with Gasteiger partial charge in [0.2, 0.25) is 0 Å². The average Bonchev–Trinajstić information content (AvgIpc) is 2.52. The summed E-state index contributed by atoms with van der Waals surface area (Å²) in [5.41, 5.74) is 2.55. The van der Waals surface area contributed by atoms with Crippen LogP contribution in [-0.4, -0.2) is 30.6 Å². The molecule has 0 radical (unpaired) electrons. The molecule has 0 N–H and O–H groups in total. The number of hydrogen-bond donors (Lipinski definition) is 0. The van der Waals surface area contributed by atoms with Crippen molar-refractivity contribution in [1.29, 1.82) is 0 Å². The summed E-state index contributed by atoms with van der Waals surface area (Å²) in [6.45, 7) is 3.22. The van der Waals surface area contributed by atoms with E-state index in [1.807, 2.05) is 24.5 Å². The first-order chi connectivity index (χ1) is 9.72. The minimum atomic E-state index is 0.327. The smallest absolute Gasteiger partial charge is 0.123 e. The highest BCUT2D eigenvalue weighted by molar-refractivity contribution is 5.35. The third-order valence-electron chi connectivity index (χ3n) is 3.75. The van der Waals surface area contributed by atoms with Crippen molar-refractivity contribution in [3.8, 4) is 5.75 Å². The van der Waals surface area contributed by atoms with Crippen molar-refractivity contribution in [2.24, 2.45) is 0 Å². The number of aromatic nitrogens is 1. The van der Waals surface area contributed by atoms with Crippen LogP contribution >= 0.6 is 0 Å². The number of para-hydroxylation sites is 1. The van der Waals surface area contributed by atoms with Crippen LogP contribution in [0.25, 0.3) is 0 Å². The van der Waals surface area contributed by atoms with Gasteiger partial charge in [0.25, 0.3) is 0 Å². The highest BCUT2D eigenvalue weighted by atomic mass is 16.5. The van der Waals surface area contributed by atoms with Crippen LogP contribution in [0, 0.1) is 0 Å². The summed E-state index contributed by atoms with van der Waals surface area (Å²) in [5.74, 6) is 0.954. The summed E-state index contributed by atoms with van der Waals surface area (Å²) < 4.78 is 5.44. The largest absolute Gasteiger partial charge is 0.496 e. The van der Waals surface area contributed by atoms with E-state index < -0.39 is 0 Å². The zero-order chi connectivity index (χ0) is 14.4. The van der Waals surface area contributed by atoms with Crippen molar-refractivity contribution in [1.82, 2.24) is 9.88 Å². The number of methoxy groups -OCH3 is 1. The molecule has 0 spiro atoms. The van der Waals surface area contributed by atoms with E-state index >= 15 is 0 Å². The molecule has 0 bridgehead atoms. The molecule has 3 heteroatoms. The summed E-state index contributed by atoms with van der Waals surface area (Å²) in [7, 11) is 3.88. The fourth-order valence-corrected chi connectivity index (χ4v) is 2.30. The summed E-state index contributed by atoms with van der Waals surface area (Å²) in [5, 5.41) is 0. The summed E-state index contributed by atoms with van der Waals surface area (Å²) in [6, 6.07) is 12.7. The quantitative estimate of drug-likeness (QED) is 0.805. The monoisotopic (exact) mass is 270 g/mol. The predicted octanol–water partition coefficient (Wildman–Crippen LogP) is 3.33. The first kappa shape index (κ1) is 14.5. The van der Waals surface area contributed by atoms with E-state index in [0.717, 1.165) is 18.7 Å². The standard InChI is InChI=1S/C17H22N2O/c1-14(16-6-4-5-7-17(16)20-3)19(2)13-10-15-8-11-18-12-9-15/h4-9,11-12,14H,10,13H2,1-3H3/t14-/m0/s1. The van der Waals surface area contributed by atoms with Gasteiger partial charge < -0.3 is 4.74 Å². The number of rotatable bonds is 6. The van der Waals surface area contributed by atoms with Crippen molar-refractivity contribution in [2.45, 2.75) is 19.4 Å². The number of ether oxygens (including phenoxy) is 1. The van der Waals surface area contributed by atoms with E-state index in [4.69, 9.17) is 4.74 Å². The molecule has 0 saturated heterocycles. The van der Waals surface area contributed by atoms with Crippen molar-refractivity contribution >= 4 is 0 Å². The molecule has 1 aromatic heterocycles. The SMILES string of the molecule is COc1ccccc1[C@H](C)N(C)CCc1ccncc1. The normalized spacial score (nSPS) is 12.4. The molecule has 1 heterocycles. The molecule has 0 aliphatic rings. The molecular weight excluding hydrogens is 248 g/mol. The number of hydrogen-bond acceptors (Lipinski definition) is 3. The van der Waals surface area contributed by atoms with Gasteiger partial charge >= 0.3 is 0 Å². The van der Waals surface area contributed by atoms with Gasteiger partial charge in [-0.2, -0.15) is 0 Å². The molecule has 0 unspecified atom stereocenters. The zero-order valence-electron chi connectivity index (χ0n) is 12.4. The Morgan fingerprint density at radius 2 is 1.85 bits per heavy atom. The number of likely N-dealkylation sites (N-methyl/N-ethyl adjacent to an activating group) is 1. The van der Waals surface area contributed by atoms with Crippen LogP contribution in [0.4, 0.5) is 0 Å². The number of nitrogens with zero attached hydrogens (tertiary/aromatic N) is 2. The van der Waals surface area contributed by atoms with Crippen molar-refractivity contribution in [3.05, 3.63) is 59.9 Å². The third kappa shape index (κ3) is 3.58. The lowest BCUT2D eigenvalue weighted by Gasteiger charge is -2.26. The van der Waals surface area contributed by atoms with Gasteiger partial charge in [0.05, 0.1) is 7.11 Å². The van der Waals surface area contributed by atoms with E-state index in [-0.39, 0.29) is 0 Å². The van der Waals surface area contributed by atoms with Crippen molar-refractivity contribution < 1.29 is 4.74 Å². The minimum Gasteiger partial charge on any atom is -0.496 e. The maximum Gasteiger partial charge on any atom is 0.123 e. The van der Waals surface area contributed by atoms with E-state index in [1.54, 1.807) is 7.11 Å². The summed E-state index contributed by atoms with van der Waals surface area (Å²) in [4.78, 5) is 6.39. The lowest BCUT2D eigenvalue weighted by Crippen LogP contribution is -2.25. The Balaban J connectivity index is 1.99. The van der Waals surface area contributed by atoms with Gasteiger partial charge in [-0.25, -0.2) is 0 Å². The molecule has 1 aromatic carbocycles. The van der Waals surface area contributed by atoms with Crippen LogP contribution < -0.4 is 4.74 Å². The Kier molecular flexibility index (Phi) is 5.13. The molecule has 0 fully saturated rings. The molecule has 1 atom stereocenters. The van der Waals surface area contributed by atoms with Gasteiger partial charge in [-0.1, -0.05) is 18.2 Å². The number of benzene rings is 1. The van der Waals surface area contributed by atoms with Crippen LogP contribution in [0.3, 0.4) is 0 Å². The van der Waals surface area contributed by atoms with Gasteiger partial charge in [-0.15, -0.1) is 0 Å². The topological polar surface area (TPSA) is 25.4 Å². The Morgan fingerprint density at radius 3 is 2.55 bits per heavy atom. The Hall–Kier alpha value is -1.87. The van der Waals surface area contributed by atoms with Gasteiger partial charge in [-0.3, -0.25) is 9.88 Å². The lowest BCUT2D eigenvalue weighted by atomic mass is 10.1.